The van der Waals surface area contributed by atoms with E-state index in [-0.39, 0.29) is 5.69 Å². The molecule has 94 valence electrons. The Labute approximate surface area is 99.6 Å². The summed E-state index contributed by atoms with van der Waals surface area (Å²) < 4.78 is 1.49. The standard InChI is InChI=1S/C11H17N3O3/c1-11(2,3)8(10(16)17)12-9(15)7-5-6-14(4)13-7/h5-6,8H,1-4H3,(H,12,15)(H,16,17). The van der Waals surface area contributed by atoms with Crippen LogP contribution in [-0.2, 0) is 11.8 Å². The van der Waals surface area contributed by atoms with Gasteiger partial charge in [-0.05, 0) is 11.5 Å². The number of rotatable bonds is 3. The van der Waals surface area contributed by atoms with E-state index >= 15 is 0 Å². The van der Waals surface area contributed by atoms with Gasteiger partial charge in [0, 0.05) is 13.2 Å². The molecule has 0 saturated heterocycles. The second-order valence-electron chi connectivity index (χ2n) is 4.99. The minimum absolute atomic E-state index is 0.211. The molecule has 1 amide bonds. The topological polar surface area (TPSA) is 84.2 Å². The minimum Gasteiger partial charge on any atom is -0.480 e. The van der Waals surface area contributed by atoms with E-state index in [9.17, 15) is 9.59 Å². The van der Waals surface area contributed by atoms with E-state index in [0.717, 1.165) is 0 Å². The van der Waals surface area contributed by atoms with Gasteiger partial charge in [-0.25, -0.2) is 4.79 Å². The summed E-state index contributed by atoms with van der Waals surface area (Å²) in [5, 5.41) is 15.5. The van der Waals surface area contributed by atoms with Crippen molar-refractivity contribution in [2.24, 2.45) is 12.5 Å². The highest BCUT2D eigenvalue weighted by atomic mass is 16.4. The Hall–Kier alpha value is -1.85. The van der Waals surface area contributed by atoms with E-state index in [1.807, 2.05) is 0 Å². The van der Waals surface area contributed by atoms with Gasteiger partial charge in [-0.15, -0.1) is 0 Å². The maximum Gasteiger partial charge on any atom is 0.326 e. The maximum atomic E-state index is 11.8. The fourth-order valence-electron chi connectivity index (χ4n) is 1.39. The Morgan fingerprint density at radius 1 is 1.47 bits per heavy atom. The summed E-state index contributed by atoms with van der Waals surface area (Å²) >= 11 is 0. The molecule has 1 unspecified atom stereocenters. The van der Waals surface area contributed by atoms with Crippen LogP contribution in [0, 0.1) is 5.41 Å². The smallest absolute Gasteiger partial charge is 0.326 e. The molecule has 1 aromatic heterocycles. The fraction of sp³-hybridized carbons (Fsp3) is 0.545. The predicted octanol–water partition coefficient (Wildman–Crippen LogP) is 0.649. The third-order valence-electron chi connectivity index (χ3n) is 2.33. The van der Waals surface area contributed by atoms with Crippen molar-refractivity contribution in [3.63, 3.8) is 0 Å². The van der Waals surface area contributed by atoms with Crippen LogP contribution in [0.3, 0.4) is 0 Å². The quantitative estimate of drug-likeness (QED) is 0.811. The Morgan fingerprint density at radius 3 is 2.41 bits per heavy atom. The zero-order valence-electron chi connectivity index (χ0n) is 10.4. The van der Waals surface area contributed by atoms with Crippen molar-refractivity contribution in [2.75, 3.05) is 0 Å². The SMILES string of the molecule is Cn1ccc(C(=O)NC(C(=O)O)C(C)(C)C)n1. The maximum absolute atomic E-state index is 11.8. The van der Waals surface area contributed by atoms with Crippen LogP contribution in [0.5, 0.6) is 0 Å². The lowest BCUT2D eigenvalue weighted by molar-refractivity contribution is -0.142. The van der Waals surface area contributed by atoms with Crippen LogP contribution in [-0.4, -0.2) is 32.8 Å². The number of carbonyl (C=O) groups is 2. The average molecular weight is 239 g/mol. The molecule has 0 aliphatic heterocycles. The Bertz CT molecular complexity index is 431. The lowest BCUT2D eigenvalue weighted by Gasteiger charge is -2.27. The first-order valence-corrected chi connectivity index (χ1v) is 5.25. The van der Waals surface area contributed by atoms with Gasteiger partial charge in [0.25, 0.3) is 5.91 Å². The molecule has 0 spiro atoms. The molecule has 0 saturated carbocycles. The van der Waals surface area contributed by atoms with Gasteiger partial charge in [0.15, 0.2) is 0 Å². The van der Waals surface area contributed by atoms with Crippen molar-refractivity contribution in [2.45, 2.75) is 26.8 Å². The number of amides is 1. The summed E-state index contributed by atoms with van der Waals surface area (Å²) in [6, 6.07) is 0.591. The summed E-state index contributed by atoms with van der Waals surface area (Å²) in [4.78, 5) is 22.8. The lowest BCUT2D eigenvalue weighted by Crippen LogP contribution is -2.49. The molecule has 0 aromatic carbocycles. The van der Waals surface area contributed by atoms with Gasteiger partial charge in [0.05, 0.1) is 0 Å². The molecular formula is C11H17N3O3. The third-order valence-corrected chi connectivity index (χ3v) is 2.33. The van der Waals surface area contributed by atoms with E-state index < -0.39 is 23.3 Å². The molecule has 6 heteroatoms. The molecule has 0 fully saturated rings. The van der Waals surface area contributed by atoms with Gasteiger partial charge in [-0.3, -0.25) is 9.48 Å². The van der Waals surface area contributed by atoms with E-state index in [1.54, 1.807) is 34.0 Å². The van der Waals surface area contributed by atoms with Crippen molar-refractivity contribution in [1.82, 2.24) is 15.1 Å². The molecule has 17 heavy (non-hydrogen) atoms. The molecular weight excluding hydrogens is 222 g/mol. The highest BCUT2D eigenvalue weighted by Gasteiger charge is 2.33. The molecule has 0 radical (unpaired) electrons. The van der Waals surface area contributed by atoms with E-state index in [4.69, 9.17) is 5.11 Å². The lowest BCUT2D eigenvalue weighted by atomic mass is 9.86. The highest BCUT2D eigenvalue weighted by molar-refractivity contribution is 5.95. The molecule has 1 aromatic rings. The molecule has 1 atom stereocenters. The van der Waals surface area contributed by atoms with E-state index in [2.05, 4.69) is 10.4 Å². The van der Waals surface area contributed by atoms with Crippen molar-refractivity contribution < 1.29 is 14.7 Å². The van der Waals surface area contributed by atoms with Crippen molar-refractivity contribution >= 4 is 11.9 Å². The fourth-order valence-corrected chi connectivity index (χ4v) is 1.39. The first-order chi connectivity index (χ1) is 7.71. The molecule has 2 N–H and O–H groups in total. The van der Waals surface area contributed by atoms with Gasteiger partial charge in [0.2, 0.25) is 0 Å². The Morgan fingerprint density at radius 2 is 2.06 bits per heavy atom. The number of carboxylic acid groups (broad SMARTS) is 1. The van der Waals surface area contributed by atoms with Crippen molar-refractivity contribution in [1.29, 1.82) is 0 Å². The number of aliphatic carboxylic acids is 1. The number of hydrogen-bond donors (Lipinski definition) is 2. The summed E-state index contributed by atoms with van der Waals surface area (Å²) in [7, 11) is 1.69. The first-order valence-electron chi connectivity index (χ1n) is 5.25. The number of aromatic nitrogens is 2. The summed E-state index contributed by atoms with van der Waals surface area (Å²) in [6.07, 6.45) is 1.63. The van der Waals surface area contributed by atoms with Crippen LogP contribution in [0.25, 0.3) is 0 Å². The van der Waals surface area contributed by atoms with E-state index in [0.29, 0.717) is 0 Å². The van der Waals surface area contributed by atoms with Gasteiger partial charge in [-0.2, -0.15) is 5.10 Å². The zero-order valence-corrected chi connectivity index (χ0v) is 10.4. The number of nitrogens with one attached hydrogen (secondary N) is 1. The number of nitrogens with zero attached hydrogens (tertiary/aromatic N) is 2. The van der Waals surface area contributed by atoms with Crippen LogP contribution < -0.4 is 5.32 Å². The van der Waals surface area contributed by atoms with Crippen molar-refractivity contribution in [3.05, 3.63) is 18.0 Å². The molecule has 6 nitrogen and oxygen atoms in total. The van der Waals surface area contributed by atoms with Crippen LogP contribution >= 0.6 is 0 Å². The van der Waals surface area contributed by atoms with Crippen LogP contribution in [0.1, 0.15) is 31.3 Å². The summed E-state index contributed by atoms with van der Waals surface area (Å²) in [5.41, 5.74) is -0.348. The Kier molecular flexibility index (Phi) is 3.55. The van der Waals surface area contributed by atoms with Gasteiger partial charge in [0.1, 0.15) is 11.7 Å². The molecule has 0 bridgehead atoms. The monoisotopic (exact) mass is 239 g/mol. The van der Waals surface area contributed by atoms with Gasteiger partial charge in [-0.1, -0.05) is 20.8 Å². The van der Waals surface area contributed by atoms with Crippen LogP contribution in [0.15, 0.2) is 12.3 Å². The number of carboxylic acids is 1. The second kappa shape index (κ2) is 4.57. The summed E-state index contributed by atoms with van der Waals surface area (Å²) in [5.74, 6) is -1.53. The minimum atomic E-state index is -1.05. The predicted molar refractivity (Wildman–Crippen MR) is 61.6 cm³/mol. The van der Waals surface area contributed by atoms with Gasteiger partial charge >= 0.3 is 5.97 Å². The van der Waals surface area contributed by atoms with E-state index in [1.165, 1.54) is 10.7 Å². The number of carbonyl (C=O) groups excluding carboxylic acids is 1. The first kappa shape index (κ1) is 13.2. The third kappa shape index (κ3) is 3.30. The van der Waals surface area contributed by atoms with Crippen LogP contribution in [0.4, 0.5) is 0 Å². The molecule has 1 heterocycles. The Balaban J connectivity index is 2.82. The number of aryl methyl sites for hydroxylation is 1. The van der Waals surface area contributed by atoms with Crippen LogP contribution in [0.2, 0.25) is 0 Å². The summed E-state index contributed by atoms with van der Waals surface area (Å²) in [6.45, 7) is 5.26. The number of hydrogen-bond acceptors (Lipinski definition) is 3. The largest absolute Gasteiger partial charge is 0.480 e. The zero-order chi connectivity index (χ0) is 13.2. The van der Waals surface area contributed by atoms with Crippen molar-refractivity contribution in [3.8, 4) is 0 Å². The molecule has 0 aliphatic carbocycles. The molecule has 1 rings (SSSR count). The average Bonchev–Trinajstić information content (AvgIpc) is 2.58. The molecule has 0 aliphatic rings. The normalized spacial score (nSPS) is 13.2. The van der Waals surface area contributed by atoms with Gasteiger partial charge < -0.3 is 10.4 Å². The second-order valence-corrected chi connectivity index (χ2v) is 4.99. The highest BCUT2D eigenvalue weighted by Crippen LogP contribution is 2.19.